The number of nitrogens with one attached hydrogen (secondary N) is 1. The summed E-state index contributed by atoms with van der Waals surface area (Å²) in [5.41, 5.74) is 0.565. The van der Waals surface area contributed by atoms with E-state index in [0.29, 0.717) is 16.4 Å². The lowest BCUT2D eigenvalue weighted by Gasteiger charge is -2.06. The van der Waals surface area contributed by atoms with Crippen LogP contribution in [0, 0.1) is 18.3 Å². The van der Waals surface area contributed by atoms with Crippen LogP contribution in [-0.2, 0) is 0 Å². The van der Waals surface area contributed by atoms with Crippen molar-refractivity contribution in [2.45, 2.75) is 11.8 Å². The van der Waals surface area contributed by atoms with Crippen molar-refractivity contribution in [2.75, 3.05) is 11.1 Å². The van der Waals surface area contributed by atoms with E-state index in [4.69, 9.17) is 5.26 Å². The number of thiazole rings is 1. The molecule has 2 rings (SSSR count). The van der Waals surface area contributed by atoms with Crippen molar-refractivity contribution in [3.8, 4) is 6.07 Å². The fourth-order valence-corrected chi connectivity index (χ4v) is 2.84. The molecule has 19 heavy (non-hydrogen) atoms. The van der Waals surface area contributed by atoms with Gasteiger partial charge in [-0.25, -0.2) is 4.98 Å². The molecule has 0 aliphatic carbocycles. The minimum Gasteiger partial charge on any atom is -0.298 e. The summed E-state index contributed by atoms with van der Waals surface area (Å²) < 4.78 is 0. The number of benzene rings is 1. The Hall–Kier alpha value is -1.84. The third kappa shape index (κ3) is 3.56. The highest BCUT2D eigenvalue weighted by atomic mass is 32.2. The molecule has 0 aliphatic heterocycles. The van der Waals surface area contributed by atoms with Gasteiger partial charge in [-0.1, -0.05) is 12.1 Å². The summed E-state index contributed by atoms with van der Waals surface area (Å²) >= 11 is 2.78. The van der Waals surface area contributed by atoms with Gasteiger partial charge in [-0.3, -0.25) is 10.1 Å². The standard InChI is InChI=1S/C13H11N3OS2/c1-9-8-15-13(19-9)16-12(17)10-4-2-3-5-11(10)18-7-6-14/h2-5,8H,7H2,1H3,(H,15,16,17). The molecular formula is C13H11N3OS2. The Kier molecular flexibility index (Phi) is 4.55. The average Bonchev–Trinajstić information content (AvgIpc) is 2.82. The van der Waals surface area contributed by atoms with Gasteiger partial charge in [-0.05, 0) is 19.1 Å². The van der Waals surface area contributed by atoms with Crippen molar-refractivity contribution < 1.29 is 4.79 Å². The molecule has 0 spiro atoms. The van der Waals surface area contributed by atoms with Crippen molar-refractivity contribution in [1.82, 2.24) is 4.98 Å². The number of amides is 1. The first-order chi connectivity index (χ1) is 9.20. The Balaban J connectivity index is 2.16. The molecule has 0 saturated carbocycles. The third-order valence-electron chi connectivity index (χ3n) is 2.27. The van der Waals surface area contributed by atoms with E-state index in [9.17, 15) is 4.79 Å². The topological polar surface area (TPSA) is 65.8 Å². The number of rotatable bonds is 4. The summed E-state index contributed by atoms with van der Waals surface area (Å²) in [5, 5.41) is 12.0. The molecule has 6 heteroatoms. The first kappa shape index (κ1) is 13.6. The zero-order valence-corrected chi connectivity index (χ0v) is 11.8. The number of aryl methyl sites for hydroxylation is 1. The zero-order valence-electron chi connectivity index (χ0n) is 10.2. The monoisotopic (exact) mass is 289 g/mol. The Labute approximate surface area is 119 Å². The van der Waals surface area contributed by atoms with Gasteiger partial charge in [0, 0.05) is 16.0 Å². The Morgan fingerprint density at radius 2 is 2.32 bits per heavy atom. The SMILES string of the molecule is Cc1cnc(NC(=O)c2ccccc2SCC#N)s1. The molecular weight excluding hydrogens is 278 g/mol. The zero-order chi connectivity index (χ0) is 13.7. The van der Waals surface area contributed by atoms with Crippen LogP contribution in [0.2, 0.25) is 0 Å². The van der Waals surface area contributed by atoms with Crippen LogP contribution in [-0.4, -0.2) is 16.6 Å². The van der Waals surface area contributed by atoms with Crippen LogP contribution < -0.4 is 5.32 Å². The highest BCUT2D eigenvalue weighted by Crippen LogP contribution is 2.24. The molecule has 4 nitrogen and oxygen atoms in total. The van der Waals surface area contributed by atoms with E-state index in [1.807, 2.05) is 19.1 Å². The van der Waals surface area contributed by atoms with Crippen LogP contribution >= 0.6 is 23.1 Å². The van der Waals surface area contributed by atoms with E-state index in [0.717, 1.165) is 9.77 Å². The van der Waals surface area contributed by atoms with Gasteiger partial charge in [0.15, 0.2) is 5.13 Å². The van der Waals surface area contributed by atoms with Gasteiger partial charge in [-0.15, -0.1) is 23.1 Å². The number of anilines is 1. The summed E-state index contributed by atoms with van der Waals surface area (Å²) in [6, 6.07) is 9.29. The Morgan fingerprint density at radius 1 is 1.53 bits per heavy atom. The molecule has 96 valence electrons. The van der Waals surface area contributed by atoms with E-state index in [2.05, 4.69) is 16.4 Å². The van der Waals surface area contributed by atoms with Gasteiger partial charge in [0.2, 0.25) is 0 Å². The fourth-order valence-electron chi connectivity index (χ4n) is 1.47. The van der Waals surface area contributed by atoms with Crippen LogP contribution in [0.4, 0.5) is 5.13 Å². The lowest BCUT2D eigenvalue weighted by atomic mass is 10.2. The maximum Gasteiger partial charge on any atom is 0.258 e. The lowest BCUT2D eigenvalue weighted by molar-refractivity contribution is 0.102. The van der Waals surface area contributed by atoms with Crippen LogP contribution in [0.3, 0.4) is 0 Å². The summed E-state index contributed by atoms with van der Waals surface area (Å²) in [7, 11) is 0. The number of thioether (sulfide) groups is 1. The van der Waals surface area contributed by atoms with Gasteiger partial charge in [0.05, 0.1) is 17.4 Å². The van der Waals surface area contributed by atoms with Gasteiger partial charge in [-0.2, -0.15) is 5.26 Å². The molecule has 1 amide bonds. The minimum atomic E-state index is -0.199. The number of carbonyl (C=O) groups excluding carboxylic acids is 1. The van der Waals surface area contributed by atoms with E-state index in [1.165, 1.54) is 23.1 Å². The number of aromatic nitrogens is 1. The van der Waals surface area contributed by atoms with E-state index in [1.54, 1.807) is 18.3 Å². The summed E-state index contributed by atoms with van der Waals surface area (Å²) in [5.74, 6) is 0.121. The summed E-state index contributed by atoms with van der Waals surface area (Å²) in [6.07, 6.45) is 1.72. The van der Waals surface area contributed by atoms with E-state index >= 15 is 0 Å². The second-order valence-corrected chi connectivity index (χ2v) is 5.93. The molecule has 0 bridgehead atoms. The molecule has 1 aromatic heterocycles. The van der Waals surface area contributed by atoms with Crippen molar-refractivity contribution in [3.05, 3.63) is 40.9 Å². The number of hydrogen-bond donors (Lipinski definition) is 1. The molecule has 2 aromatic rings. The normalized spacial score (nSPS) is 9.89. The molecule has 1 heterocycles. The molecule has 0 radical (unpaired) electrons. The predicted octanol–water partition coefficient (Wildman–Crippen LogP) is 3.32. The van der Waals surface area contributed by atoms with Crippen molar-refractivity contribution >= 4 is 34.1 Å². The highest BCUT2D eigenvalue weighted by molar-refractivity contribution is 7.99. The second kappa shape index (κ2) is 6.36. The molecule has 0 fully saturated rings. The molecule has 0 unspecified atom stereocenters. The van der Waals surface area contributed by atoms with Crippen molar-refractivity contribution in [2.24, 2.45) is 0 Å². The maximum atomic E-state index is 12.2. The number of nitrogens with zero attached hydrogens (tertiary/aromatic N) is 2. The van der Waals surface area contributed by atoms with Crippen LogP contribution in [0.5, 0.6) is 0 Å². The average molecular weight is 289 g/mol. The number of hydrogen-bond acceptors (Lipinski definition) is 5. The van der Waals surface area contributed by atoms with Gasteiger partial charge in [0.25, 0.3) is 5.91 Å². The quantitative estimate of drug-likeness (QED) is 0.877. The number of nitriles is 1. The molecule has 0 saturated heterocycles. The highest BCUT2D eigenvalue weighted by Gasteiger charge is 2.12. The van der Waals surface area contributed by atoms with E-state index in [-0.39, 0.29) is 5.91 Å². The fraction of sp³-hybridized carbons (Fsp3) is 0.154. The minimum absolute atomic E-state index is 0.199. The van der Waals surface area contributed by atoms with E-state index < -0.39 is 0 Å². The molecule has 1 N–H and O–H groups in total. The van der Waals surface area contributed by atoms with Gasteiger partial charge in [0.1, 0.15) is 0 Å². The van der Waals surface area contributed by atoms with Crippen molar-refractivity contribution in [1.29, 1.82) is 5.26 Å². The molecule has 0 aliphatic rings. The Morgan fingerprint density at radius 3 is 3.00 bits per heavy atom. The smallest absolute Gasteiger partial charge is 0.258 e. The van der Waals surface area contributed by atoms with Crippen LogP contribution in [0.1, 0.15) is 15.2 Å². The van der Waals surface area contributed by atoms with Crippen LogP contribution in [0.25, 0.3) is 0 Å². The second-order valence-electron chi connectivity index (χ2n) is 3.67. The first-order valence-electron chi connectivity index (χ1n) is 5.53. The van der Waals surface area contributed by atoms with Crippen LogP contribution in [0.15, 0.2) is 35.4 Å². The molecule has 1 aromatic carbocycles. The molecule has 0 atom stereocenters. The summed E-state index contributed by atoms with van der Waals surface area (Å²) in [4.78, 5) is 18.1. The number of carbonyl (C=O) groups is 1. The first-order valence-corrected chi connectivity index (χ1v) is 7.33. The predicted molar refractivity (Wildman–Crippen MR) is 77.6 cm³/mol. The van der Waals surface area contributed by atoms with Crippen molar-refractivity contribution in [3.63, 3.8) is 0 Å². The lowest BCUT2D eigenvalue weighted by Crippen LogP contribution is -2.12. The Bertz CT molecular complexity index is 631. The largest absolute Gasteiger partial charge is 0.298 e. The summed E-state index contributed by atoms with van der Waals surface area (Å²) in [6.45, 7) is 1.93. The van der Waals surface area contributed by atoms with Gasteiger partial charge < -0.3 is 0 Å². The van der Waals surface area contributed by atoms with Gasteiger partial charge >= 0.3 is 0 Å². The third-order valence-corrected chi connectivity index (χ3v) is 4.03. The maximum absolute atomic E-state index is 12.2.